The Morgan fingerprint density at radius 3 is 2.81 bits per heavy atom. The summed E-state index contributed by atoms with van der Waals surface area (Å²) in [4.78, 5) is 15.8. The van der Waals surface area contributed by atoms with Gasteiger partial charge in [-0.15, -0.1) is 0 Å². The molecular formula is C16H17N3O2. The van der Waals surface area contributed by atoms with Gasteiger partial charge >= 0.3 is 0 Å². The molecule has 5 heteroatoms. The minimum Gasteiger partial charge on any atom is -0.484 e. The molecule has 0 unspecified atom stereocenters. The van der Waals surface area contributed by atoms with E-state index in [4.69, 9.17) is 4.74 Å². The van der Waals surface area contributed by atoms with Gasteiger partial charge in [0, 0.05) is 6.20 Å². The smallest absolute Gasteiger partial charge is 0.276 e. The van der Waals surface area contributed by atoms with Gasteiger partial charge in [0.05, 0.1) is 11.4 Å². The van der Waals surface area contributed by atoms with Gasteiger partial charge in [-0.2, -0.15) is 0 Å². The number of hydrazine groups is 1. The molecule has 0 aliphatic carbocycles. The largest absolute Gasteiger partial charge is 0.484 e. The summed E-state index contributed by atoms with van der Waals surface area (Å²) >= 11 is 0. The van der Waals surface area contributed by atoms with Crippen molar-refractivity contribution in [2.24, 2.45) is 0 Å². The van der Waals surface area contributed by atoms with E-state index in [-0.39, 0.29) is 12.5 Å². The Labute approximate surface area is 123 Å². The van der Waals surface area contributed by atoms with Crippen molar-refractivity contribution in [3.05, 3.63) is 66.5 Å². The molecule has 0 radical (unpaired) electrons. The molecule has 0 atom stereocenters. The maximum absolute atomic E-state index is 11.7. The molecule has 2 aromatic rings. The first kappa shape index (κ1) is 14.6. The second kappa shape index (κ2) is 7.09. The average molecular weight is 283 g/mol. The van der Waals surface area contributed by atoms with E-state index in [1.54, 1.807) is 18.3 Å². The molecule has 1 aromatic heterocycles. The number of hydrogen-bond donors (Lipinski definition) is 2. The zero-order valence-corrected chi connectivity index (χ0v) is 11.8. The Hall–Kier alpha value is -2.82. The minimum absolute atomic E-state index is 0.0774. The first-order chi connectivity index (χ1) is 10.1. The summed E-state index contributed by atoms with van der Waals surface area (Å²) in [7, 11) is 0. The van der Waals surface area contributed by atoms with Crippen LogP contribution in [-0.4, -0.2) is 17.5 Å². The lowest BCUT2D eigenvalue weighted by Gasteiger charge is -2.11. The first-order valence-electron chi connectivity index (χ1n) is 6.50. The summed E-state index contributed by atoms with van der Waals surface area (Å²) in [6, 6.07) is 13.0. The van der Waals surface area contributed by atoms with Gasteiger partial charge in [-0.05, 0) is 36.8 Å². The van der Waals surface area contributed by atoms with Crippen LogP contribution in [0.3, 0.4) is 0 Å². The zero-order valence-electron chi connectivity index (χ0n) is 11.8. The fraction of sp³-hybridized carbons (Fsp3) is 0.125. The number of amides is 1. The van der Waals surface area contributed by atoms with Gasteiger partial charge in [-0.25, -0.2) is 0 Å². The van der Waals surface area contributed by atoms with E-state index in [1.165, 1.54) is 0 Å². The van der Waals surface area contributed by atoms with Gasteiger partial charge < -0.3 is 4.74 Å². The first-order valence-corrected chi connectivity index (χ1v) is 6.50. The Bertz CT molecular complexity index is 626. The van der Waals surface area contributed by atoms with E-state index < -0.39 is 0 Å². The van der Waals surface area contributed by atoms with E-state index in [0.29, 0.717) is 17.1 Å². The van der Waals surface area contributed by atoms with Crippen LogP contribution in [0.25, 0.3) is 5.70 Å². The molecule has 0 bridgehead atoms. The molecule has 1 aromatic carbocycles. The number of pyridine rings is 1. The van der Waals surface area contributed by atoms with E-state index in [1.807, 2.05) is 37.3 Å². The monoisotopic (exact) mass is 283 g/mol. The predicted octanol–water partition coefficient (Wildman–Crippen LogP) is 2.06. The summed E-state index contributed by atoms with van der Waals surface area (Å²) in [5, 5.41) is 0. The van der Waals surface area contributed by atoms with Crippen LogP contribution in [0.4, 0.5) is 0 Å². The maximum Gasteiger partial charge on any atom is 0.276 e. The number of nitrogens with one attached hydrogen (secondary N) is 2. The van der Waals surface area contributed by atoms with Crippen molar-refractivity contribution in [1.82, 2.24) is 15.8 Å². The van der Waals surface area contributed by atoms with Crippen LogP contribution in [-0.2, 0) is 4.79 Å². The third-order valence-electron chi connectivity index (χ3n) is 2.69. The van der Waals surface area contributed by atoms with E-state index >= 15 is 0 Å². The van der Waals surface area contributed by atoms with Gasteiger partial charge in [0.2, 0.25) is 0 Å². The lowest BCUT2D eigenvalue weighted by molar-refractivity contribution is -0.123. The third-order valence-corrected chi connectivity index (χ3v) is 2.69. The average Bonchev–Trinajstić information content (AvgIpc) is 2.51. The zero-order chi connectivity index (χ0) is 15.1. The molecule has 21 heavy (non-hydrogen) atoms. The van der Waals surface area contributed by atoms with Crippen LogP contribution in [0.15, 0.2) is 55.2 Å². The molecular weight excluding hydrogens is 266 g/mol. The van der Waals surface area contributed by atoms with Crippen LogP contribution >= 0.6 is 0 Å². The molecule has 2 rings (SSSR count). The van der Waals surface area contributed by atoms with Crippen LogP contribution in [0, 0.1) is 6.92 Å². The van der Waals surface area contributed by atoms with Crippen molar-refractivity contribution in [3.8, 4) is 5.75 Å². The number of rotatable bonds is 6. The van der Waals surface area contributed by atoms with Gasteiger partial charge in [-0.1, -0.05) is 24.8 Å². The van der Waals surface area contributed by atoms with Crippen LogP contribution in [0.1, 0.15) is 11.3 Å². The van der Waals surface area contributed by atoms with Crippen molar-refractivity contribution in [3.63, 3.8) is 0 Å². The maximum atomic E-state index is 11.7. The highest BCUT2D eigenvalue weighted by molar-refractivity contribution is 5.78. The Morgan fingerprint density at radius 1 is 1.24 bits per heavy atom. The SMILES string of the molecule is C=C(NNC(=O)COc1cccc(C)c1)c1ccccn1. The number of aryl methyl sites for hydroxylation is 1. The highest BCUT2D eigenvalue weighted by atomic mass is 16.5. The molecule has 1 amide bonds. The summed E-state index contributed by atoms with van der Waals surface area (Å²) < 4.78 is 5.39. The quantitative estimate of drug-likeness (QED) is 0.797. The molecule has 0 spiro atoms. The van der Waals surface area contributed by atoms with Crippen molar-refractivity contribution in [2.45, 2.75) is 6.92 Å². The standard InChI is InChI=1S/C16H17N3O2/c1-12-6-5-7-14(10-12)21-11-16(20)19-18-13(2)15-8-3-4-9-17-15/h3-10,18H,2,11H2,1H3,(H,19,20). The highest BCUT2D eigenvalue weighted by Gasteiger charge is 2.04. The van der Waals surface area contributed by atoms with Gasteiger partial charge in [-0.3, -0.25) is 20.6 Å². The summed E-state index contributed by atoms with van der Waals surface area (Å²) in [6.45, 7) is 5.68. The predicted molar refractivity (Wildman–Crippen MR) is 81.2 cm³/mol. The van der Waals surface area contributed by atoms with Crippen LogP contribution in [0.2, 0.25) is 0 Å². The fourth-order valence-corrected chi connectivity index (χ4v) is 1.64. The van der Waals surface area contributed by atoms with Crippen LogP contribution in [0.5, 0.6) is 5.75 Å². The number of benzene rings is 1. The number of ether oxygens (including phenoxy) is 1. The lowest BCUT2D eigenvalue weighted by Crippen LogP contribution is -2.39. The summed E-state index contributed by atoms with van der Waals surface area (Å²) in [5.74, 6) is 0.363. The van der Waals surface area contributed by atoms with Gasteiger partial charge in [0.15, 0.2) is 6.61 Å². The molecule has 0 aliphatic rings. The number of carbonyl (C=O) groups is 1. The van der Waals surface area contributed by atoms with Crippen molar-refractivity contribution in [1.29, 1.82) is 0 Å². The highest BCUT2D eigenvalue weighted by Crippen LogP contribution is 2.11. The van der Waals surface area contributed by atoms with E-state index in [0.717, 1.165) is 5.56 Å². The molecule has 5 nitrogen and oxygen atoms in total. The van der Waals surface area contributed by atoms with Crippen molar-refractivity contribution >= 4 is 11.6 Å². The second-order valence-electron chi connectivity index (χ2n) is 4.47. The molecule has 0 saturated carbocycles. The fourth-order valence-electron chi connectivity index (χ4n) is 1.64. The second-order valence-corrected chi connectivity index (χ2v) is 4.47. The molecule has 0 fully saturated rings. The molecule has 0 saturated heterocycles. The summed E-state index contributed by atoms with van der Waals surface area (Å²) in [5.41, 5.74) is 7.48. The number of aromatic nitrogens is 1. The summed E-state index contributed by atoms with van der Waals surface area (Å²) in [6.07, 6.45) is 1.66. The number of nitrogens with zero attached hydrogens (tertiary/aromatic N) is 1. The van der Waals surface area contributed by atoms with Gasteiger partial charge in [0.25, 0.3) is 5.91 Å². The van der Waals surface area contributed by atoms with Gasteiger partial charge in [0.1, 0.15) is 5.75 Å². The normalized spacial score (nSPS) is 9.76. The Balaban J connectivity index is 1.76. The van der Waals surface area contributed by atoms with E-state index in [9.17, 15) is 4.79 Å². The van der Waals surface area contributed by atoms with E-state index in [2.05, 4.69) is 22.4 Å². The molecule has 108 valence electrons. The third kappa shape index (κ3) is 4.65. The van der Waals surface area contributed by atoms with Crippen molar-refractivity contribution < 1.29 is 9.53 Å². The minimum atomic E-state index is -0.298. The molecule has 2 N–H and O–H groups in total. The molecule has 1 heterocycles. The van der Waals surface area contributed by atoms with Crippen molar-refractivity contribution in [2.75, 3.05) is 6.61 Å². The number of carbonyl (C=O) groups excluding carboxylic acids is 1. The Morgan fingerprint density at radius 2 is 2.10 bits per heavy atom. The topological polar surface area (TPSA) is 63.2 Å². The Kier molecular flexibility index (Phi) is 4.93. The molecule has 0 aliphatic heterocycles. The number of hydrogen-bond acceptors (Lipinski definition) is 4. The van der Waals surface area contributed by atoms with Crippen LogP contribution < -0.4 is 15.6 Å². The lowest BCUT2D eigenvalue weighted by atomic mass is 10.2.